The second-order valence-electron chi connectivity index (χ2n) is 9.15. The van der Waals surface area contributed by atoms with Crippen LogP contribution in [-0.2, 0) is 11.3 Å². The number of nitrogens with one attached hydrogen (secondary N) is 1. The van der Waals surface area contributed by atoms with Gasteiger partial charge in [-0.1, -0.05) is 18.2 Å². The van der Waals surface area contributed by atoms with Gasteiger partial charge in [0.15, 0.2) is 0 Å². The third kappa shape index (κ3) is 7.11. The summed E-state index contributed by atoms with van der Waals surface area (Å²) in [6, 6.07) is 7.62. The van der Waals surface area contributed by atoms with E-state index in [1.807, 2.05) is 63.8 Å². The average molecular weight is 420 g/mol. The molecule has 0 spiro atoms. The highest BCUT2D eigenvalue weighted by atomic mass is 16.6. The largest absolute Gasteiger partial charge is 0.496 e. The number of benzene rings is 1. The number of para-hydroxylation sites is 1. The predicted molar refractivity (Wildman–Crippen MR) is 118 cm³/mol. The third-order valence-electron chi connectivity index (χ3n) is 5.14. The van der Waals surface area contributed by atoms with E-state index in [1.165, 1.54) is 0 Å². The van der Waals surface area contributed by atoms with Crippen molar-refractivity contribution in [3.8, 4) is 5.75 Å². The van der Waals surface area contributed by atoms with Gasteiger partial charge in [0.05, 0.1) is 7.11 Å². The number of hydrogen-bond donors (Lipinski definition) is 1. The predicted octanol–water partition coefficient (Wildman–Crippen LogP) is 4.26. The molecule has 1 aliphatic rings. The summed E-state index contributed by atoms with van der Waals surface area (Å²) in [6.45, 7) is 12.0. The molecule has 1 saturated heterocycles. The first kappa shape index (κ1) is 23.8. The first-order valence-corrected chi connectivity index (χ1v) is 10.7. The van der Waals surface area contributed by atoms with Crippen molar-refractivity contribution in [2.45, 2.75) is 65.6 Å². The van der Waals surface area contributed by atoms with Gasteiger partial charge in [-0.25, -0.2) is 9.59 Å². The Morgan fingerprint density at radius 2 is 1.97 bits per heavy atom. The lowest BCUT2D eigenvalue weighted by atomic mass is 9.97. The number of methoxy groups -OCH3 is 1. The van der Waals surface area contributed by atoms with Crippen LogP contribution < -0.4 is 10.1 Å². The molecule has 0 saturated carbocycles. The summed E-state index contributed by atoms with van der Waals surface area (Å²) >= 11 is 0. The van der Waals surface area contributed by atoms with Crippen molar-refractivity contribution in [3.05, 3.63) is 29.8 Å². The second-order valence-corrected chi connectivity index (χ2v) is 9.15. The molecule has 7 nitrogen and oxygen atoms in total. The van der Waals surface area contributed by atoms with Gasteiger partial charge in [0, 0.05) is 37.8 Å². The van der Waals surface area contributed by atoms with Crippen molar-refractivity contribution < 1.29 is 19.1 Å². The summed E-state index contributed by atoms with van der Waals surface area (Å²) < 4.78 is 10.9. The number of hydrogen-bond acceptors (Lipinski definition) is 4. The molecule has 3 amide bonds. The molecule has 30 heavy (non-hydrogen) atoms. The lowest BCUT2D eigenvalue weighted by Crippen LogP contribution is -2.50. The van der Waals surface area contributed by atoms with Gasteiger partial charge in [-0.15, -0.1) is 0 Å². The maximum absolute atomic E-state index is 12.7. The third-order valence-corrected chi connectivity index (χ3v) is 5.14. The number of ether oxygens (including phenoxy) is 2. The number of urea groups is 1. The minimum absolute atomic E-state index is 0.0367. The lowest BCUT2D eigenvalue weighted by Gasteiger charge is -2.37. The number of rotatable bonds is 6. The molecular formula is C23H37N3O4. The lowest BCUT2D eigenvalue weighted by molar-refractivity contribution is 0.0131. The topological polar surface area (TPSA) is 71.1 Å². The van der Waals surface area contributed by atoms with Crippen LogP contribution in [0.25, 0.3) is 0 Å². The SMILES string of the molecule is COc1ccccc1CNC(=O)N1CCCC(CN(C(=O)OC(C)(C)C)C(C)C)C1. The molecule has 1 heterocycles. The van der Waals surface area contributed by atoms with Crippen LogP contribution in [0.15, 0.2) is 24.3 Å². The highest BCUT2D eigenvalue weighted by Crippen LogP contribution is 2.21. The maximum atomic E-state index is 12.7. The molecule has 1 aromatic rings. The van der Waals surface area contributed by atoms with Gasteiger partial charge >= 0.3 is 12.1 Å². The number of amides is 3. The Hall–Kier alpha value is -2.44. The van der Waals surface area contributed by atoms with Gasteiger partial charge in [0.1, 0.15) is 11.4 Å². The van der Waals surface area contributed by atoms with E-state index in [-0.39, 0.29) is 24.1 Å². The fourth-order valence-electron chi connectivity index (χ4n) is 3.63. The summed E-state index contributed by atoms with van der Waals surface area (Å²) in [4.78, 5) is 28.9. The fourth-order valence-corrected chi connectivity index (χ4v) is 3.63. The minimum atomic E-state index is -0.527. The van der Waals surface area contributed by atoms with Gasteiger partial charge < -0.3 is 24.6 Å². The van der Waals surface area contributed by atoms with Crippen molar-refractivity contribution in [2.24, 2.45) is 5.92 Å². The Kier molecular flexibility index (Phi) is 8.38. The molecule has 0 bridgehead atoms. The van der Waals surface area contributed by atoms with Crippen LogP contribution >= 0.6 is 0 Å². The fraction of sp³-hybridized carbons (Fsp3) is 0.652. The van der Waals surface area contributed by atoms with Gasteiger partial charge in [0.2, 0.25) is 0 Å². The van der Waals surface area contributed by atoms with Crippen LogP contribution in [0.1, 0.15) is 53.0 Å². The molecule has 0 radical (unpaired) electrons. The first-order valence-electron chi connectivity index (χ1n) is 10.7. The Bertz CT molecular complexity index is 715. The van der Waals surface area contributed by atoms with E-state index >= 15 is 0 Å². The van der Waals surface area contributed by atoms with Crippen molar-refractivity contribution in [3.63, 3.8) is 0 Å². The standard InChI is InChI=1S/C23H37N3O4/c1-17(2)26(22(28)30-23(3,4)5)16-18-10-9-13-25(15-18)21(27)24-14-19-11-7-8-12-20(19)29-6/h7-8,11-12,17-18H,9-10,13-16H2,1-6H3,(H,24,27). The molecule has 2 rings (SSSR count). The normalized spacial score (nSPS) is 16.9. The zero-order valence-electron chi connectivity index (χ0n) is 19.2. The number of likely N-dealkylation sites (tertiary alicyclic amines) is 1. The number of carbonyl (C=O) groups is 2. The van der Waals surface area contributed by atoms with Crippen LogP contribution in [-0.4, -0.2) is 60.3 Å². The van der Waals surface area contributed by atoms with Crippen LogP contribution in [0.2, 0.25) is 0 Å². The molecule has 1 atom stereocenters. The molecule has 168 valence electrons. The quantitative estimate of drug-likeness (QED) is 0.748. The van der Waals surface area contributed by atoms with E-state index in [2.05, 4.69) is 5.32 Å². The zero-order chi connectivity index (χ0) is 22.3. The molecule has 1 aromatic carbocycles. The second kappa shape index (κ2) is 10.5. The monoisotopic (exact) mass is 419 g/mol. The zero-order valence-corrected chi connectivity index (χ0v) is 19.2. The van der Waals surface area contributed by atoms with Crippen LogP contribution in [0.4, 0.5) is 9.59 Å². The van der Waals surface area contributed by atoms with E-state index in [1.54, 1.807) is 12.0 Å². The highest BCUT2D eigenvalue weighted by Gasteiger charge is 2.30. The molecule has 0 aliphatic carbocycles. The Morgan fingerprint density at radius 1 is 1.27 bits per heavy atom. The van der Waals surface area contributed by atoms with Gasteiger partial charge in [-0.3, -0.25) is 0 Å². The van der Waals surface area contributed by atoms with E-state index in [0.29, 0.717) is 19.6 Å². The molecule has 7 heteroatoms. The van der Waals surface area contributed by atoms with E-state index in [0.717, 1.165) is 30.7 Å². The summed E-state index contributed by atoms with van der Waals surface area (Å²) in [7, 11) is 1.63. The molecule has 0 aromatic heterocycles. The minimum Gasteiger partial charge on any atom is -0.496 e. The molecule has 1 N–H and O–H groups in total. The van der Waals surface area contributed by atoms with Crippen LogP contribution in [0, 0.1) is 5.92 Å². The smallest absolute Gasteiger partial charge is 0.410 e. The van der Waals surface area contributed by atoms with Crippen molar-refractivity contribution in [2.75, 3.05) is 26.7 Å². The van der Waals surface area contributed by atoms with E-state index < -0.39 is 5.60 Å². The average Bonchev–Trinajstić information content (AvgIpc) is 2.69. The van der Waals surface area contributed by atoms with E-state index in [9.17, 15) is 9.59 Å². The summed E-state index contributed by atoms with van der Waals surface area (Å²) in [5.41, 5.74) is 0.416. The Morgan fingerprint density at radius 3 is 2.60 bits per heavy atom. The van der Waals surface area contributed by atoms with Crippen molar-refractivity contribution in [1.82, 2.24) is 15.1 Å². The van der Waals surface area contributed by atoms with E-state index in [4.69, 9.17) is 9.47 Å². The van der Waals surface area contributed by atoms with Gasteiger partial charge in [-0.05, 0) is 59.4 Å². The summed E-state index contributed by atoms with van der Waals surface area (Å²) in [5, 5.41) is 3.00. The summed E-state index contributed by atoms with van der Waals surface area (Å²) in [6.07, 6.45) is 1.62. The molecule has 1 unspecified atom stereocenters. The highest BCUT2D eigenvalue weighted by molar-refractivity contribution is 5.74. The van der Waals surface area contributed by atoms with Crippen LogP contribution in [0.5, 0.6) is 5.75 Å². The van der Waals surface area contributed by atoms with Crippen LogP contribution in [0.3, 0.4) is 0 Å². The first-order chi connectivity index (χ1) is 14.1. The molecular weight excluding hydrogens is 382 g/mol. The van der Waals surface area contributed by atoms with Crippen molar-refractivity contribution in [1.29, 1.82) is 0 Å². The maximum Gasteiger partial charge on any atom is 0.410 e. The number of piperidine rings is 1. The molecule has 1 aliphatic heterocycles. The van der Waals surface area contributed by atoms with Crippen molar-refractivity contribution >= 4 is 12.1 Å². The number of carbonyl (C=O) groups excluding carboxylic acids is 2. The summed E-state index contributed by atoms with van der Waals surface area (Å²) in [5.74, 6) is 0.991. The number of nitrogens with zero attached hydrogens (tertiary/aromatic N) is 2. The Labute approximate surface area is 180 Å². The van der Waals surface area contributed by atoms with Gasteiger partial charge in [-0.2, -0.15) is 0 Å². The Balaban J connectivity index is 1.93. The molecule has 1 fully saturated rings. The van der Waals surface area contributed by atoms with Gasteiger partial charge in [0.25, 0.3) is 0 Å².